The average Bonchev–Trinajstić information content (AvgIpc) is 3.16. The topological polar surface area (TPSA) is 83.6 Å². The van der Waals surface area contributed by atoms with Crippen molar-refractivity contribution in [1.82, 2.24) is 9.88 Å². The van der Waals surface area contributed by atoms with Gasteiger partial charge in [-0.25, -0.2) is 4.98 Å². The number of aryl methyl sites for hydroxylation is 1. The summed E-state index contributed by atoms with van der Waals surface area (Å²) in [5.41, 5.74) is 0.340. The molecule has 0 spiro atoms. The highest BCUT2D eigenvalue weighted by molar-refractivity contribution is 7.13. The molecule has 2 aromatic heterocycles. The molecule has 1 fully saturated rings. The van der Waals surface area contributed by atoms with Crippen molar-refractivity contribution in [3.63, 3.8) is 0 Å². The number of furan rings is 1. The molecule has 6 nitrogen and oxygen atoms in total. The zero-order valence-electron chi connectivity index (χ0n) is 12.3. The van der Waals surface area contributed by atoms with Gasteiger partial charge < -0.3 is 14.4 Å². The van der Waals surface area contributed by atoms with E-state index >= 15 is 0 Å². The van der Waals surface area contributed by atoms with Crippen molar-refractivity contribution in [1.29, 1.82) is 0 Å². The molecule has 1 saturated heterocycles. The highest BCUT2D eigenvalue weighted by Gasteiger charge is 2.37. The fraction of sp³-hybridized carbons (Fsp3) is 0.400. The van der Waals surface area contributed by atoms with Gasteiger partial charge in [-0.2, -0.15) is 0 Å². The maximum absolute atomic E-state index is 12.5. The quantitative estimate of drug-likeness (QED) is 0.939. The first kappa shape index (κ1) is 14.8. The molecular formula is C15H16N2O4S. The largest absolute Gasteiger partial charge is 0.481 e. The zero-order valence-corrected chi connectivity index (χ0v) is 13.1. The molecule has 0 unspecified atom stereocenters. The molecule has 3 rings (SSSR count). The van der Waals surface area contributed by atoms with Gasteiger partial charge >= 0.3 is 5.97 Å². The Bertz CT molecular complexity index is 721. The van der Waals surface area contributed by atoms with Crippen LogP contribution in [0.25, 0.3) is 10.8 Å². The first-order valence-corrected chi connectivity index (χ1v) is 7.88. The summed E-state index contributed by atoms with van der Waals surface area (Å²) in [6, 6.07) is 3.67. The number of carbonyl (C=O) groups is 2. The van der Waals surface area contributed by atoms with Gasteiger partial charge in [0.25, 0.3) is 5.91 Å². The van der Waals surface area contributed by atoms with Crippen molar-refractivity contribution in [3.8, 4) is 10.8 Å². The lowest BCUT2D eigenvalue weighted by Gasteiger charge is -2.13. The number of nitrogens with zero attached hydrogens (tertiary/aromatic N) is 2. The third-order valence-electron chi connectivity index (χ3n) is 3.89. The van der Waals surface area contributed by atoms with Crippen molar-refractivity contribution in [3.05, 3.63) is 29.0 Å². The first-order valence-electron chi connectivity index (χ1n) is 7.00. The van der Waals surface area contributed by atoms with Crippen molar-refractivity contribution < 1.29 is 19.1 Å². The Morgan fingerprint density at radius 1 is 1.41 bits per heavy atom. The van der Waals surface area contributed by atoms with Gasteiger partial charge in [0.05, 0.1) is 5.92 Å². The molecule has 0 aromatic carbocycles. The highest BCUT2D eigenvalue weighted by atomic mass is 32.1. The van der Waals surface area contributed by atoms with Crippen LogP contribution in [0.3, 0.4) is 0 Å². The van der Waals surface area contributed by atoms with Crippen LogP contribution in [0, 0.1) is 18.8 Å². The summed E-state index contributed by atoms with van der Waals surface area (Å²) in [6.45, 7) is 4.38. The molecule has 22 heavy (non-hydrogen) atoms. The number of hydrogen-bond donors (Lipinski definition) is 1. The van der Waals surface area contributed by atoms with Crippen LogP contribution in [0.15, 0.2) is 21.9 Å². The number of thiazole rings is 1. The molecule has 0 bridgehead atoms. The normalized spacial score (nSPS) is 21.3. The number of likely N-dealkylation sites (tertiary alicyclic amines) is 1. The number of hydrogen-bond acceptors (Lipinski definition) is 5. The summed E-state index contributed by atoms with van der Waals surface area (Å²) in [7, 11) is 0. The number of carboxylic acids is 1. The molecule has 2 atom stereocenters. The second-order valence-electron chi connectivity index (χ2n) is 5.58. The molecule has 1 N–H and O–H groups in total. The molecule has 1 aliphatic heterocycles. The minimum atomic E-state index is -0.854. The lowest BCUT2D eigenvalue weighted by Crippen LogP contribution is -2.30. The van der Waals surface area contributed by atoms with E-state index < -0.39 is 11.9 Å². The molecule has 2 aromatic rings. The average molecular weight is 320 g/mol. The minimum absolute atomic E-state index is 0.0488. The van der Waals surface area contributed by atoms with Gasteiger partial charge in [-0.15, -0.1) is 11.3 Å². The SMILES string of the molecule is Cc1ccc(-c2nc(C(=O)N3C[C@@H](C)[C@H](C(=O)O)C3)cs2)o1. The van der Waals surface area contributed by atoms with E-state index in [0.717, 1.165) is 5.76 Å². The lowest BCUT2D eigenvalue weighted by molar-refractivity contribution is -0.142. The number of aromatic nitrogens is 1. The molecule has 1 aliphatic rings. The predicted octanol–water partition coefficient (Wildman–Crippen LogP) is 2.50. The van der Waals surface area contributed by atoms with E-state index in [9.17, 15) is 9.59 Å². The Morgan fingerprint density at radius 2 is 2.18 bits per heavy atom. The molecule has 3 heterocycles. The highest BCUT2D eigenvalue weighted by Crippen LogP contribution is 2.28. The van der Waals surface area contributed by atoms with Crippen LogP contribution in [0.5, 0.6) is 0 Å². The summed E-state index contributed by atoms with van der Waals surface area (Å²) >= 11 is 1.34. The van der Waals surface area contributed by atoms with Gasteiger partial charge in [0.1, 0.15) is 11.5 Å². The van der Waals surface area contributed by atoms with Crippen LogP contribution in [0.4, 0.5) is 0 Å². The van der Waals surface area contributed by atoms with E-state index in [1.807, 2.05) is 26.0 Å². The van der Waals surface area contributed by atoms with Gasteiger partial charge in [0, 0.05) is 18.5 Å². The van der Waals surface area contributed by atoms with E-state index in [1.165, 1.54) is 11.3 Å². The fourth-order valence-corrected chi connectivity index (χ4v) is 3.40. The summed E-state index contributed by atoms with van der Waals surface area (Å²) in [4.78, 5) is 29.5. The molecule has 0 aliphatic carbocycles. The summed E-state index contributed by atoms with van der Waals surface area (Å²) in [6.07, 6.45) is 0. The van der Waals surface area contributed by atoms with E-state index in [4.69, 9.17) is 9.52 Å². The Hall–Kier alpha value is -2.15. The monoisotopic (exact) mass is 320 g/mol. The molecular weight excluding hydrogens is 304 g/mol. The van der Waals surface area contributed by atoms with Crippen LogP contribution in [-0.2, 0) is 4.79 Å². The van der Waals surface area contributed by atoms with Crippen LogP contribution < -0.4 is 0 Å². The third-order valence-corrected chi connectivity index (χ3v) is 4.75. The van der Waals surface area contributed by atoms with Crippen molar-refractivity contribution >= 4 is 23.2 Å². The Balaban J connectivity index is 1.76. The van der Waals surface area contributed by atoms with Crippen LogP contribution in [0.2, 0.25) is 0 Å². The van der Waals surface area contributed by atoms with Gasteiger partial charge in [-0.3, -0.25) is 9.59 Å². The number of amides is 1. The Kier molecular flexibility index (Phi) is 3.74. The molecule has 7 heteroatoms. The maximum atomic E-state index is 12.5. The Morgan fingerprint density at radius 3 is 2.77 bits per heavy atom. The van der Waals surface area contributed by atoms with Crippen molar-refractivity contribution in [2.24, 2.45) is 11.8 Å². The zero-order chi connectivity index (χ0) is 15.9. The van der Waals surface area contributed by atoms with Crippen molar-refractivity contribution in [2.45, 2.75) is 13.8 Å². The molecule has 0 saturated carbocycles. The van der Waals surface area contributed by atoms with Crippen molar-refractivity contribution in [2.75, 3.05) is 13.1 Å². The van der Waals surface area contributed by atoms with Gasteiger partial charge in [0.15, 0.2) is 10.8 Å². The van der Waals surface area contributed by atoms with Crippen LogP contribution in [0.1, 0.15) is 23.2 Å². The number of rotatable bonds is 3. The van der Waals surface area contributed by atoms with E-state index in [-0.39, 0.29) is 18.4 Å². The summed E-state index contributed by atoms with van der Waals surface area (Å²) in [5.74, 6) is -0.202. The molecule has 116 valence electrons. The minimum Gasteiger partial charge on any atom is -0.481 e. The second-order valence-corrected chi connectivity index (χ2v) is 6.44. The standard InChI is InChI=1S/C15H16N2O4S/c1-8-5-17(6-10(8)15(19)20)14(18)11-7-22-13(16-11)12-4-3-9(2)21-12/h3-4,7-8,10H,5-6H2,1-2H3,(H,19,20)/t8-,10-/m1/s1. The summed E-state index contributed by atoms with van der Waals surface area (Å²) in [5, 5.41) is 11.5. The molecule has 0 radical (unpaired) electrons. The summed E-state index contributed by atoms with van der Waals surface area (Å²) < 4.78 is 5.50. The predicted molar refractivity (Wildman–Crippen MR) is 80.7 cm³/mol. The maximum Gasteiger partial charge on any atom is 0.308 e. The van der Waals surface area contributed by atoms with E-state index in [2.05, 4.69) is 4.98 Å². The van der Waals surface area contributed by atoms with Crippen LogP contribution in [-0.4, -0.2) is 40.0 Å². The van der Waals surface area contributed by atoms with Gasteiger partial charge in [-0.1, -0.05) is 6.92 Å². The number of carbonyl (C=O) groups excluding carboxylic acids is 1. The fourth-order valence-electron chi connectivity index (χ4n) is 2.65. The number of carboxylic acid groups (broad SMARTS) is 1. The third kappa shape index (κ3) is 2.64. The lowest BCUT2D eigenvalue weighted by atomic mass is 9.99. The number of aliphatic carboxylic acids is 1. The molecule has 1 amide bonds. The van der Waals surface area contributed by atoms with Gasteiger partial charge in [0.2, 0.25) is 0 Å². The first-order chi connectivity index (χ1) is 10.5. The van der Waals surface area contributed by atoms with Crippen LogP contribution >= 0.6 is 11.3 Å². The second kappa shape index (κ2) is 5.57. The van der Waals surface area contributed by atoms with Gasteiger partial charge in [-0.05, 0) is 25.0 Å². The Labute approximate surface area is 131 Å². The smallest absolute Gasteiger partial charge is 0.308 e. The van der Waals surface area contributed by atoms with E-state index in [1.54, 1.807) is 10.3 Å². The van der Waals surface area contributed by atoms with E-state index in [0.29, 0.717) is 23.0 Å².